The Morgan fingerprint density at radius 3 is 2.40 bits per heavy atom. The molecule has 1 saturated heterocycles. The number of anilines is 1. The summed E-state index contributed by atoms with van der Waals surface area (Å²) in [6, 6.07) is 7.27. The first kappa shape index (κ1) is 16.7. The van der Waals surface area contributed by atoms with Gasteiger partial charge in [0, 0.05) is 23.1 Å². The van der Waals surface area contributed by atoms with Crippen molar-refractivity contribution in [2.24, 2.45) is 4.99 Å². The predicted molar refractivity (Wildman–Crippen MR) is 93.6 cm³/mol. The van der Waals surface area contributed by atoms with Crippen LogP contribution in [-0.4, -0.2) is 42.6 Å². The lowest BCUT2D eigenvalue weighted by Gasteiger charge is -2.18. The van der Waals surface area contributed by atoms with Crippen molar-refractivity contribution in [2.45, 2.75) is 13.8 Å². The van der Waals surface area contributed by atoms with Gasteiger partial charge in [-0.05, 0) is 32.0 Å². The molecule has 0 spiro atoms. The number of hydrogen-bond acceptors (Lipinski definition) is 6. The lowest BCUT2D eigenvalue weighted by atomic mass is 10.2. The number of hydrogen-bond donors (Lipinski definition) is 1. The standard InChI is InChI=1S/C17H19N5O3/c1-10-7-11(2)19-16(18-10)21-17-20-15(23)9-22(17)12-5-6-13(24-3)14(8-12)25-4/h5-8H,9H2,1-4H3,(H,18,19,20,21,23). The van der Waals surface area contributed by atoms with Gasteiger partial charge in [0.05, 0.1) is 14.2 Å². The molecule has 3 rings (SSSR count). The van der Waals surface area contributed by atoms with Gasteiger partial charge in [-0.15, -0.1) is 0 Å². The van der Waals surface area contributed by atoms with Crippen LogP contribution in [0.15, 0.2) is 29.3 Å². The number of rotatable bonds is 4. The summed E-state index contributed by atoms with van der Waals surface area (Å²) in [5.74, 6) is 1.71. The van der Waals surface area contributed by atoms with Crippen LogP contribution < -0.4 is 19.7 Å². The van der Waals surface area contributed by atoms with Crippen molar-refractivity contribution < 1.29 is 14.3 Å². The number of aliphatic imine (C=N–C) groups is 1. The number of carbonyl (C=O) groups excluding carboxylic acids is 1. The highest BCUT2D eigenvalue weighted by atomic mass is 16.5. The van der Waals surface area contributed by atoms with Gasteiger partial charge in [-0.3, -0.25) is 10.1 Å². The van der Waals surface area contributed by atoms with E-state index in [1.54, 1.807) is 31.3 Å². The Bertz CT molecular complexity index is 830. The molecule has 0 atom stereocenters. The van der Waals surface area contributed by atoms with Crippen molar-refractivity contribution in [3.63, 3.8) is 0 Å². The van der Waals surface area contributed by atoms with Crippen LogP contribution in [-0.2, 0) is 4.79 Å². The number of aromatic nitrogens is 2. The van der Waals surface area contributed by atoms with Gasteiger partial charge in [0.15, 0.2) is 11.5 Å². The maximum atomic E-state index is 11.9. The number of nitrogens with one attached hydrogen (secondary N) is 1. The summed E-state index contributed by atoms with van der Waals surface area (Å²) in [7, 11) is 3.14. The van der Waals surface area contributed by atoms with Crippen LogP contribution >= 0.6 is 0 Å². The zero-order valence-electron chi connectivity index (χ0n) is 14.5. The normalized spacial score (nSPS) is 15.4. The molecule has 0 unspecified atom stereocenters. The van der Waals surface area contributed by atoms with Crippen molar-refractivity contribution in [2.75, 3.05) is 25.7 Å². The number of methoxy groups -OCH3 is 2. The average molecular weight is 341 g/mol. The van der Waals surface area contributed by atoms with E-state index in [9.17, 15) is 4.79 Å². The minimum atomic E-state index is -0.155. The molecule has 1 aromatic heterocycles. The molecular formula is C17H19N5O3. The summed E-state index contributed by atoms with van der Waals surface area (Å²) >= 11 is 0. The SMILES string of the molecule is COc1ccc(N2CC(=O)NC2=Nc2nc(C)cc(C)n2)cc1OC. The third-order valence-electron chi connectivity index (χ3n) is 3.66. The van der Waals surface area contributed by atoms with Crippen molar-refractivity contribution in [3.05, 3.63) is 35.7 Å². The number of guanidine groups is 1. The Morgan fingerprint density at radius 1 is 1.08 bits per heavy atom. The van der Waals surface area contributed by atoms with Crippen molar-refractivity contribution in [1.29, 1.82) is 0 Å². The molecule has 1 amide bonds. The number of benzene rings is 1. The van der Waals surface area contributed by atoms with E-state index in [1.165, 1.54) is 0 Å². The van der Waals surface area contributed by atoms with E-state index in [0.29, 0.717) is 23.4 Å². The first-order valence-electron chi connectivity index (χ1n) is 7.70. The van der Waals surface area contributed by atoms with E-state index in [1.807, 2.05) is 26.0 Å². The Morgan fingerprint density at radius 2 is 1.76 bits per heavy atom. The molecule has 1 N–H and O–H groups in total. The average Bonchev–Trinajstić information content (AvgIpc) is 2.93. The van der Waals surface area contributed by atoms with Crippen LogP contribution in [0, 0.1) is 13.8 Å². The number of nitrogens with zero attached hydrogens (tertiary/aromatic N) is 4. The largest absolute Gasteiger partial charge is 0.493 e. The summed E-state index contributed by atoms with van der Waals surface area (Å²) in [6.07, 6.45) is 0. The van der Waals surface area contributed by atoms with Gasteiger partial charge in [0.25, 0.3) is 5.95 Å². The van der Waals surface area contributed by atoms with Gasteiger partial charge >= 0.3 is 0 Å². The highest BCUT2D eigenvalue weighted by Crippen LogP contribution is 2.32. The third kappa shape index (κ3) is 3.52. The third-order valence-corrected chi connectivity index (χ3v) is 3.66. The van der Waals surface area contributed by atoms with E-state index in [-0.39, 0.29) is 12.5 Å². The van der Waals surface area contributed by atoms with Crippen LogP contribution in [0.1, 0.15) is 11.4 Å². The Hall–Kier alpha value is -3.16. The molecular weight excluding hydrogens is 322 g/mol. The Kier molecular flexibility index (Phi) is 4.51. The van der Waals surface area contributed by atoms with E-state index in [2.05, 4.69) is 20.3 Å². The highest BCUT2D eigenvalue weighted by molar-refractivity contribution is 6.15. The van der Waals surface area contributed by atoms with Gasteiger partial charge in [0.1, 0.15) is 6.54 Å². The summed E-state index contributed by atoms with van der Waals surface area (Å²) in [4.78, 5) is 26.6. The molecule has 2 heterocycles. The van der Waals surface area contributed by atoms with Crippen molar-refractivity contribution >= 4 is 23.5 Å². The van der Waals surface area contributed by atoms with Crippen LogP contribution in [0.2, 0.25) is 0 Å². The topological polar surface area (TPSA) is 88.9 Å². The van der Waals surface area contributed by atoms with Crippen LogP contribution in [0.3, 0.4) is 0 Å². The van der Waals surface area contributed by atoms with Gasteiger partial charge in [-0.25, -0.2) is 9.97 Å². The minimum Gasteiger partial charge on any atom is -0.493 e. The number of aryl methyl sites for hydroxylation is 2. The fraction of sp³-hybridized carbons (Fsp3) is 0.294. The van der Waals surface area contributed by atoms with Gasteiger partial charge in [0.2, 0.25) is 11.9 Å². The first-order valence-corrected chi connectivity index (χ1v) is 7.70. The second kappa shape index (κ2) is 6.76. The molecule has 0 bridgehead atoms. The van der Waals surface area contributed by atoms with Gasteiger partial charge in [-0.2, -0.15) is 4.99 Å². The molecule has 130 valence electrons. The molecule has 1 aromatic carbocycles. The molecule has 1 aliphatic rings. The smallest absolute Gasteiger partial charge is 0.253 e. The van der Waals surface area contributed by atoms with E-state index < -0.39 is 0 Å². The zero-order valence-corrected chi connectivity index (χ0v) is 14.5. The fourth-order valence-corrected chi connectivity index (χ4v) is 2.60. The number of carbonyl (C=O) groups is 1. The maximum Gasteiger partial charge on any atom is 0.253 e. The first-order chi connectivity index (χ1) is 12.0. The van der Waals surface area contributed by atoms with Crippen LogP contribution in [0.4, 0.5) is 11.6 Å². The monoisotopic (exact) mass is 341 g/mol. The molecule has 8 nitrogen and oxygen atoms in total. The maximum absolute atomic E-state index is 11.9. The fourth-order valence-electron chi connectivity index (χ4n) is 2.60. The van der Waals surface area contributed by atoms with E-state index in [0.717, 1.165) is 17.1 Å². The summed E-state index contributed by atoms with van der Waals surface area (Å²) in [6.45, 7) is 3.90. The molecule has 0 aliphatic carbocycles. The second-order valence-corrected chi connectivity index (χ2v) is 5.56. The quantitative estimate of drug-likeness (QED) is 0.911. The molecule has 0 radical (unpaired) electrons. The van der Waals surface area contributed by atoms with Crippen LogP contribution in [0.25, 0.3) is 0 Å². The van der Waals surface area contributed by atoms with Gasteiger partial charge in [-0.1, -0.05) is 0 Å². The molecule has 25 heavy (non-hydrogen) atoms. The van der Waals surface area contributed by atoms with Gasteiger partial charge < -0.3 is 14.4 Å². The van der Waals surface area contributed by atoms with Crippen LogP contribution in [0.5, 0.6) is 11.5 Å². The summed E-state index contributed by atoms with van der Waals surface area (Å²) in [5, 5.41) is 2.74. The van der Waals surface area contributed by atoms with Crippen molar-refractivity contribution in [3.8, 4) is 11.5 Å². The molecule has 8 heteroatoms. The molecule has 1 aliphatic heterocycles. The number of amides is 1. The Balaban J connectivity index is 1.99. The number of ether oxygens (including phenoxy) is 2. The molecule has 2 aromatic rings. The second-order valence-electron chi connectivity index (χ2n) is 5.56. The molecule has 1 fully saturated rings. The summed E-state index contributed by atoms with van der Waals surface area (Å²) < 4.78 is 10.6. The molecule has 0 saturated carbocycles. The lowest BCUT2D eigenvalue weighted by Crippen LogP contribution is -2.30. The Labute approximate surface area is 145 Å². The van der Waals surface area contributed by atoms with E-state index in [4.69, 9.17) is 9.47 Å². The van der Waals surface area contributed by atoms with Crippen molar-refractivity contribution in [1.82, 2.24) is 15.3 Å². The highest BCUT2D eigenvalue weighted by Gasteiger charge is 2.27. The minimum absolute atomic E-state index is 0.152. The summed E-state index contributed by atoms with van der Waals surface area (Å²) in [5.41, 5.74) is 2.38. The predicted octanol–water partition coefficient (Wildman–Crippen LogP) is 1.73. The lowest BCUT2D eigenvalue weighted by molar-refractivity contribution is -0.117. The zero-order chi connectivity index (χ0) is 18.0. The van der Waals surface area contributed by atoms with E-state index >= 15 is 0 Å².